The van der Waals surface area contributed by atoms with Crippen LogP contribution >= 0.6 is 11.6 Å². The lowest BCUT2D eigenvalue weighted by Crippen LogP contribution is -2.18. The first-order chi connectivity index (χ1) is 7.74. The molecular formula is C13H18ClNO. The summed E-state index contributed by atoms with van der Waals surface area (Å²) in [7, 11) is 1.63. The molecule has 0 spiro atoms. The summed E-state index contributed by atoms with van der Waals surface area (Å²) < 4.78 is 5.13. The highest BCUT2D eigenvalue weighted by Crippen LogP contribution is 2.38. The highest BCUT2D eigenvalue weighted by Gasteiger charge is 2.30. The van der Waals surface area contributed by atoms with E-state index in [1.807, 2.05) is 12.1 Å². The second-order valence-corrected chi connectivity index (χ2v) is 4.91. The van der Waals surface area contributed by atoms with Crippen molar-refractivity contribution >= 4 is 11.6 Å². The van der Waals surface area contributed by atoms with Crippen molar-refractivity contribution in [3.05, 3.63) is 28.8 Å². The van der Waals surface area contributed by atoms with Crippen LogP contribution in [-0.2, 0) is 6.42 Å². The Morgan fingerprint density at radius 2 is 2.25 bits per heavy atom. The molecule has 0 bridgehead atoms. The molecule has 1 aliphatic rings. The van der Waals surface area contributed by atoms with Crippen LogP contribution in [0.5, 0.6) is 5.75 Å². The Balaban J connectivity index is 2.05. The summed E-state index contributed by atoms with van der Waals surface area (Å²) in [6, 6.07) is 6.00. The van der Waals surface area contributed by atoms with E-state index in [4.69, 9.17) is 22.1 Å². The van der Waals surface area contributed by atoms with Crippen LogP contribution in [0, 0.1) is 11.8 Å². The lowest BCUT2D eigenvalue weighted by molar-refractivity contribution is 0.414. The van der Waals surface area contributed by atoms with Crippen LogP contribution in [0.15, 0.2) is 18.2 Å². The molecule has 16 heavy (non-hydrogen) atoms. The summed E-state index contributed by atoms with van der Waals surface area (Å²) >= 11 is 6.10. The SMILES string of the molecule is COc1ccc(CC(CN)C2CC2)cc1Cl. The third-order valence-corrected chi connectivity index (χ3v) is 3.60. The lowest BCUT2D eigenvalue weighted by Gasteiger charge is -2.14. The van der Waals surface area contributed by atoms with Gasteiger partial charge in [0, 0.05) is 0 Å². The number of halogens is 1. The minimum absolute atomic E-state index is 0.615. The van der Waals surface area contributed by atoms with Gasteiger partial charge in [-0.2, -0.15) is 0 Å². The monoisotopic (exact) mass is 239 g/mol. The van der Waals surface area contributed by atoms with Crippen LogP contribution in [0.3, 0.4) is 0 Å². The van der Waals surface area contributed by atoms with Gasteiger partial charge in [0.25, 0.3) is 0 Å². The van der Waals surface area contributed by atoms with Gasteiger partial charge in [-0.05, 0) is 55.3 Å². The Morgan fingerprint density at radius 3 is 2.75 bits per heavy atom. The molecule has 1 fully saturated rings. The average molecular weight is 240 g/mol. The summed E-state index contributed by atoms with van der Waals surface area (Å²) in [5, 5.41) is 0.687. The highest BCUT2D eigenvalue weighted by molar-refractivity contribution is 6.32. The number of hydrogen-bond acceptors (Lipinski definition) is 2. The Morgan fingerprint density at radius 1 is 1.50 bits per heavy atom. The van der Waals surface area contributed by atoms with Gasteiger partial charge in [0.15, 0.2) is 0 Å². The molecule has 1 aromatic rings. The number of ether oxygens (including phenoxy) is 1. The van der Waals surface area contributed by atoms with Crippen molar-refractivity contribution in [3.63, 3.8) is 0 Å². The molecule has 0 radical (unpaired) electrons. The van der Waals surface area contributed by atoms with E-state index in [1.165, 1.54) is 18.4 Å². The van der Waals surface area contributed by atoms with Gasteiger partial charge in [-0.25, -0.2) is 0 Å². The summed E-state index contributed by atoms with van der Waals surface area (Å²) in [6.07, 6.45) is 3.71. The van der Waals surface area contributed by atoms with E-state index in [-0.39, 0.29) is 0 Å². The smallest absolute Gasteiger partial charge is 0.137 e. The van der Waals surface area contributed by atoms with E-state index in [1.54, 1.807) is 7.11 Å². The average Bonchev–Trinajstić information content (AvgIpc) is 3.10. The zero-order valence-corrected chi connectivity index (χ0v) is 10.3. The van der Waals surface area contributed by atoms with Crippen molar-refractivity contribution in [1.82, 2.24) is 0 Å². The van der Waals surface area contributed by atoms with Gasteiger partial charge in [0.2, 0.25) is 0 Å². The highest BCUT2D eigenvalue weighted by atomic mass is 35.5. The molecule has 1 aliphatic carbocycles. The van der Waals surface area contributed by atoms with Crippen LogP contribution in [0.4, 0.5) is 0 Å². The molecule has 1 aromatic carbocycles. The molecule has 1 atom stereocenters. The number of nitrogens with two attached hydrogens (primary N) is 1. The predicted octanol–water partition coefficient (Wildman–Crippen LogP) is 2.88. The number of rotatable bonds is 5. The predicted molar refractivity (Wildman–Crippen MR) is 67.0 cm³/mol. The van der Waals surface area contributed by atoms with Gasteiger partial charge in [-0.15, -0.1) is 0 Å². The van der Waals surface area contributed by atoms with Crippen LogP contribution < -0.4 is 10.5 Å². The van der Waals surface area contributed by atoms with E-state index >= 15 is 0 Å². The van der Waals surface area contributed by atoms with E-state index in [0.717, 1.165) is 24.6 Å². The molecule has 0 saturated heterocycles. The second-order valence-electron chi connectivity index (χ2n) is 4.51. The van der Waals surface area contributed by atoms with E-state index in [2.05, 4.69) is 6.07 Å². The molecule has 1 unspecified atom stereocenters. The Kier molecular flexibility index (Phi) is 3.72. The Labute approximate surface area is 102 Å². The van der Waals surface area contributed by atoms with Gasteiger partial charge in [-0.3, -0.25) is 0 Å². The number of methoxy groups -OCH3 is 1. The Hall–Kier alpha value is -0.730. The quantitative estimate of drug-likeness (QED) is 0.858. The van der Waals surface area contributed by atoms with Crippen molar-refractivity contribution in [2.75, 3.05) is 13.7 Å². The Bertz CT molecular complexity index is 363. The van der Waals surface area contributed by atoms with E-state index < -0.39 is 0 Å². The van der Waals surface area contributed by atoms with E-state index in [0.29, 0.717) is 10.9 Å². The molecule has 88 valence electrons. The fourth-order valence-corrected chi connectivity index (χ4v) is 2.43. The van der Waals surface area contributed by atoms with Crippen LogP contribution in [-0.4, -0.2) is 13.7 Å². The summed E-state index contributed by atoms with van der Waals surface area (Å²) in [5.41, 5.74) is 7.06. The molecule has 2 rings (SSSR count). The largest absolute Gasteiger partial charge is 0.495 e. The normalized spacial score (nSPS) is 17.2. The molecule has 0 aromatic heterocycles. The fourth-order valence-electron chi connectivity index (χ4n) is 2.15. The minimum atomic E-state index is 0.615. The van der Waals surface area contributed by atoms with Gasteiger partial charge in [0.05, 0.1) is 12.1 Å². The number of benzene rings is 1. The second kappa shape index (κ2) is 5.07. The fraction of sp³-hybridized carbons (Fsp3) is 0.538. The van der Waals surface area contributed by atoms with Crippen molar-refractivity contribution in [2.24, 2.45) is 17.6 Å². The maximum atomic E-state index is 6.10. The van der Waals surface area contributed by atoms with Crippen LogP contribution in [0.25, 0.3) is 0 Å². The van der Waals surface area contributed by atoms with Crippen molar-refractivity contribution < 1.29 is 4.74 Å². The molecule has 2 N–H and O–H groups in total. The zero-order chi connectivity index (χ0) is 11.5. The van der Waals surface area contributed by atoms with Gasteiger partial charge in [0.1, 0.15) is 5.75 Å². The summed E-state index contributed by atoms with van der Waals surface area (Å²) in [4.78, 5) is 0. The van der Waals surface area contributed by atoms with Crippen LogP contribution in [0.1, 0.15) is 18.4 Å². The first kappa shape index (κ1) is 11.7. The third-order valence-electron chi connectivity index (χ3n) is 3.31. The number of hydrogen-bond donors (Lipinski definition) is 1. The standard InChI is InChI=1S/C13H18ClNO/c1-16-13-5-2-9(7-12(13)14)6-11(8-15)10-3-4-10/h2,5,7,10-11H,3-4,6,8,15H2,1H3. The molecule has 1 saturated carbocycles. The topological polar surface area (TPSA) is 35.2 Å². The first-order valence-electron chi connectivity index (χ1n) is 5.77. The zero-order valence-electron chi connectivity index (χ0n) is 9.58. The van der Waals surface area contributed by atoms with Gasteiger partial charge >= 0.3 is 0 Å². The molecule has 0 amide bonds. The maximum Gasteiger partial charge on any atom is 0.137 e. The van der Waals surface area contributed by atoms with Crippen LogP contribution in [0.2, 0.25) is 5.02 Å². The summed E-state index contributed by atoms with van der Waals surface area (Å²) in [5.74, 6) is 2.19. The third kappa shape index (κ3) is 2.69. The maximum absolute atomic E-state index is 6.10. The minimum Gasteiger partial charge on any atom is -0.495 e. The van der Waals surface area contributed by atoms with Crippen molar-refractivity contribution in [1.29, 1.82) is 0 Å². The molecule has 2 nitrogen and oxygen atoms in total. The first-order valence-corrected chi connectivity index (χ1v) is 6.15. The molecule has 0 aliphatic heterocycles. The molecule has 0 heterocycles. The van der Waals surface area contributed by atoms with Crippen molar-refractivity contribution in [2.45, 2.75) is 19.3 Å². The molecular weight excluding hydrogens is 222 g/mol. The lowest BCUT2D eigenvalue weighted by atomic mass is 9.95. The van der Waals surface area contributed by atoms with Crippen molar-refractivity contribution in [3.8, 4) is 5.75 Å². The molecule has 3 heteroatoms. The van der Waals surface area contributed by atoms with E-state index in [9.17, 15) is 0 Å². The summed E-state index contributed by atoms with van der Waals surface area (Å²) in [6.45, 7) is 0.772. The van der Waals surface area contributed by atoms with Gasteiger partial charge < -0.3 is 10.5 Å². The van der Waals surface area contributed by atoms with Gasteiger partial charge in [-0.1, -0.05) is 17.7 Å².